The summed E-state index contributed by atoms with van der Waals surface area (Å²) in [5.41, 5.74) is 12.8. The van der Waals surface area contributed by atoms with E-state index in [0.717, 1.165) is 25.7 Å². The van der Waals surface area contributed by atoms with Crippen LogP contribution in [0.1, 0.15) is 66.9 Å². The van der Waals surface area contributed by atoms with Crippen molar-refractivity contribution in [3.8, 4) is 5.75 Å². The van der Waals surface area contributed by atoms with Gasteiger partial charge in [-0.15, -0.1) is 0 Å². The number of carbonyl (C=O) groups is 2. The van der Waals surface area contributed by atoms with Gasteiger partial charge < -0.3 is 26.0 Å². The van der Waals surface area contributed by atoms with Crippen molar-refractivity contribution >= 4 is 29.4 Å². The third-order valence-electron chi connectivity index (χ3n) is 6.70. The largest absolute Gasteiger partial charge is 0.478 e. The lowest BCUT2D eigenvalue weighted by atomic mass is 9.79. The topological polar surface area (TPSA) is 125 Å². The summed E-state index contributed by atoms with van der Waals surface area (Å²) in [6, 6.07) is 8.78. The number of benzene rings is 2. The molecule has 0 atom stereocenters. The molecule has 7 nitrogen and oxygen atoms in total. The average Bonchev–Trinajstić information content (AvgIpc) is 2.85. The van der Waals surface area contributed by atoms with E-state index in [2.05, 4.69) is 6.92 Å². The Hall–Kier alpha value is -3.62. The lowest BCUT2D eigenvalue weighted by Crippen LogP contribution is -2.37. The van der Waals surface area contributed by atoms with Gasteiger partial charge in [-0.3, -0.25) is 0 Å². The highest BCUT2D eigenvalue weighted by Gasteiger charge is 2.43. The summed E-state index contributed by atoms with van der Waals surface area (Å²) in [5, 5.41) is 9.33. The van der Waals surface area contributed by atoms with E-state index in [1.165, 1.54) is 36.4 Å². The van der Waals surface area contributed by atoms with Gasteiger partial charge in [-0.25, -0.2) is 9.59 Å². The predicted molar refractivity (Wildman–Crippen MR) is 138 cm³/mol. The van der Waals surface area contributed by atoms with E-state index in [1.807, 2.05) is 0 Å². The average molecular weight is 517 g/mol. The molecule has 37 heavy (non-hydrogen) atoms. The standard InChI is InChI=1S/C28H34F2N2O5/c1-2-3-18-4-9-20(10-5-18)28(29,30)37-22-11-6-19(7-12-22)8-13-26(33)36-15-14-23-24(27(34)35)16-21(31)17-25(23)32/h6-8,11-13,16-18,20H,2-5,9-10,14-15,31-32H2,1H3,(H,34,35). The van der Waals surface area contributed by atoms with Crippen LogP contribution in [0.4, 0.5) is 20.2 Å². The van der Waals surface area contributed by atoms with Crippen LogP contribution in [0.15, 0.2) is 42.5 Å². The number of nitrogen functional groups attached to an aromatic ring is 2. The van der Waals surface area contributed by atoms with E-state index >= 15 is 0 Å². The predicted octanol–water partition coefficient (Wildman–Crippen LogP) is 5.93. The van der Waals surface area contributed by atoms with Gasteiger partial charge in [0.05, 0.1) is 18.1 Å². The Morgan fingerprint density at radius 2 is 1.78 bits per heavy atom. The first-order valence-electron chi connectivity index (χ1n) is 12.5. The number of rotatable bonds is 11. The number of nitrogens with two attached hydrogens (primary N) is 2. The fraction of sp³-hybridized carbons (Fsp3) is 0.429. The Balaban J connectivity index is 1.49. The molecule has 0 bridgehead atoms. The molecule has 2 aromatic rings. The van der Waals surface area contributed by atoms with Crippen molar-refractivity contribution in [3.05, 3.63) is 59.2 Å². The number of hydrogen-bond donors (Lipinski definition) is 3. The molecule has 5 N–H and O–H groups in total. The van der Waals surface area contributed by atoms with Crippen LogP contribution in [0.25, 0.3) is 6.08 Å². The molecule has 1 fully saturated rings. The Bertz CT molecular complexity index is 1110. The van der Waals surface area contributed by atoms with Gasteiger partial charge in [-0.05, 0) is 73.1 Å². The van der Waals surface area contributed by atoms with E-state index in [9.17, 15) is 23.5 Å². The van der Waals surface area contributed by atoms with Gasteiger partial charge in [0.1, 0.15) is 5.75 Å². The van der Waals surface area contributed by atoms with Crippen molar-refractivity contribution < 1.29 is 33.0 Å². The molecule has 0 aromatic heterocycles. The Morgan fingerprint density at radius 3 is 2.41 bits per heavy atom. The molecule has 0 saturated heterocycles. The highest BCUT2D eigenvalue weighted by Crippen LogP contribution is 2.41. The Morgan fingerprint density at radius 1 is 1.11 bits per heavy atom. The number of aromatic carboxylic acids is 1. The maximum atomic E-state index is 14.7. The van der Waals surface area contributed by atoms with Crippen LogP contribution >= 0.6 is 0 Å². The molecule has 0 radical (unpaired) electrons. The highest BCUT2D eigenvalue weighted by atomic mass is 19.3. The minimum atomic E-state index is -3.23. The van der Waals surface area contributed by atoms with Gasteiger partial charge in [0, 0.05) is 23.9 Å². The van der Waals surface area contributed by atoms with Crippen molar-refractivity contribution in [2.75, 3.05) is 18.1 Å². The Labute approximate surface area is 215 Å². The van der Waals surface area contributed by atoms with Crippen LogP contribution in [0.5, 0.6) is 5.75 Å². The van der Waals surface area contributed by atoms with Crippen LogP contribution in [-0.2, 0) is 16.0 Å². The molecular weight excluding hydrogens is 482 g/mol. The van der Waals surface area contributed by atoms with Crippen molar-refractivity contribution in [1.82, 2.24) is 0 Å². The number of anilines is 2. The van der Waals surface area contributed by atoms with Crippen molar-refractivity contribution in [3.63, 3.8) is 0 Å². The molecule has 0 unspecified atom stereocenters. The molecule has 1 aliphatic rings. The number of halogens is 2. The number of ether oxygens (including phenoxy) is 2. The molecule has 0 spiro atoms. The summed E-state index contributed by atoms with van der Waals surface area (Å²) in [6.07, 6.45) is 4.27. The maximum Gasteiger partial charge on any atom is 0.400 e. The molecule has 0 heterocycles. The molecule has 1 saturated carbocycles. The quantitative estimate of drug-likeness (QED) is 0.192. The van der Waals surface area contributed by atoms with E-state index in [0.29, 0.717) is 29.9 Å². The van der Waals surface area contributed by atoms with Crippen LogP contribution in [-0.4, -0.2) is 29.8 Å². The van der Waals surface area contributed by atoms with E-state index in [-0.39, 0.29) is 35.7 Å². The van der Waals surface area contributed by atoms with Gasteiger partial charge >= 0.3 is 18.0 Å². The zero-order chi connectivity index (χ0) is 27.0. The van der Waals surface area contributed by atoms with Gasteiger partial charge in [-0.2, -0.15) is 8.78 Å². The molecular formula is C28H34F2N2O5. The molecule has 9 heteroatoms. The second-order valence-electron chi connectivity index (χ2n) is 9.43. The highest BCUT2D eigenvalue weighted by molar-refractivity contribution is 5.92. The number of carbonyl (C=O) groups excluding carboxylic acids is 1. The minimum Gasteiger partial charge on any atom is -0.478 e. The fourth-order valence-corrected chi connectivity index (χ4v) is 4.74. The summed E-state index contributed by atoms with van der Waals surface area (Å²) in [5.74, 6) is -2.00. The zero-order valence-corrected chi connectivity index (χ0v) is 20.9. The second-order valence-corrected chi connectivity index (χ2v) is 9.43. The lowest BCUT2D eigenvalue weighted by Gasteiger charge is -2.33. The first-order valence-corrected chi connectivity index (χ1v) is 12.5. The number of hydrogen-bond acceptors (Lipinski definition) is 6. The maximum absolute atomic E-state index is 14.7. The van der Waals surface area contributed by atoms with Crippen molar-refractivity contribution in [2.24, 2.45) is 11.8 Å². The normalized spacial score (nSPS) is 18.0. The van der Waals surface area contributed by atoms with Gasteiger partial charge in [-0.1, -0.05) is 31.9 Å². The zero-order valence-electron chi connectivity index (χ0n) is 20.9. The van der Waals surface area contributed by atoms with Crippen LogP contribution in [0.3, 0.4) is 0 Å². The monoisotopic (exact) mass is 516 g/mol. The third kappa shape index (κ3) is 7.93. The van der Waals surface area contributed by atoms with E-state index in [1.54, 1.807) is 12.1 Å². The first kappa shape index (κ1) is 28.0. The molecule has 1 aliphatic carbocycles. The summed E-state index contributed by atoms with van der Waals surface area (Å²) in [7, 11) is 0. The second kappa shape index (κ2) is 12.6. The van der Waals surface area contributed by atoms with E-state index < -0.39 is 24.0 Å². The molecule has 0 aliphatic heterocycles. The van der Waals surface area contributed by atoms with Crippen molar-refractivity contribution in [1.29, 1.82) is 0 Å². The van der Waals surface area contributed by atoms with Crippen LogP contribution < -0.4 is 16.2 Å². The van der Waals surface area contributed by atoms with Crippen LogP contribution in [0, 0.1) is 11.8 Å². The number of carboxylic acids is 1. The minimum absolute atomic E-state index is 0.0406. The van der Waals surface area contributed by atoms with Crippen molar-refractivity contribution in [2.45, 2.75) is 58.0 Å². The molecule has 3 rings (SSSR count). The van der Waals surface area contributed by atoms with Gasteiger partial charge in [0.2, 0.25) is 0 Å². The number of esters is 1. The lowest BCUT2D eigenvalue weighted by molar-refractivity contribution is -0.223. The summed E-state index contributed by atoms with van der Waals surface area (Å²) >= 11 is 0. The first-order chi connectivity index (χ1) is 17.6. The number of alkyl halides is 2. The molecule has 0 amide bonds. The fourth-order valence-electron chi connectivity index (χ4n) is 4.74. The smallest absolute Gasteiger partial charge is 0.400 e. The van der Waals surface area contributed by atoms with E-state index in [4.69, 9.17) is 20.9 Å². The summed E-state index contributed by atoms with van der Waals surface area (Å²) < 4.78 is 39.5. The SMILES string of the molecule is CCCC1CCC(C(F)(F)Oc2ccc(C=CC(=O)OCCc3c(N)cc(N)cc3C(=O)O)cc2)CC1. The third-order valence-corrected chi connectivity index (χ3v) is 6.70. The molecule has 2 aromatic carbocycles. The Kier molecular flexibility index (Phi) is 9.49. The summed E-state index contributed by atoms with van der Waals surface area (Å²) in [4.78, 5) is 23.5. The molecule has 200 valence electrons. The number of carboxylic acid groups (broad SMARTS) is 1. The van der Waals surface area contributed by atoms with Gasteiger partial charge in [0.25, 0.3) is 0 Å². The van der Waals surface area contributed by atoms with Crippen LogP contribution in [0.2, 0.25) is 0 Å². The van der Waals surface area contributed by atoms with Gasteiger partial charge in [0.15, 0.2) is 0 Å². The summed E-state index contributed by atoms with van der Waals surface area (Å²) in [6.45, 7) is 2.03.